The number of nitrogens with zero attached hydrogens (tertiary/aromatic N) is 2. The van der Waals surface area contributed by atoms with E-state index in [0.29, 0.717) is 5.69 Å². The largest absolute Gasteiger partial charge is 0.481 e. The molecule has 6 heteroatoms. The van der Waals surface area contributed by atoms with E-state index in [2.05, 4.69) is 10.4 Å². The van der Waals surface area contributed by atoms with E-state index in [1.807, 2.05) is 45.0 Å². The Labute approximate surface area is 135 Å². The molecule has 0 aliphatic rings. The molecule has 2 rings (SSSR count). The van der Waals surface area contributed by atoms with Crippen LogP contribution in [0.15, 0.2) is 35.1 Å². The van der Waals surface area contributed by atoms with E-state index in [4.69, 9.17) is 4.74 Å². The molecule has 0 fully saturated rings. The highest BCUT2D eigenvalue weighted by Crippen LogP contribution is 2.15. The molecule has 0 radical (unpaired) electrons. The topological polar surface area (TPSA) is 73.2 Å². The van der Waals surface area contributed by atoms with Gasteiger partial charge in [0.15, 0.2) is 5.69 Å². The van der Waals surface area contributed by atoms with Crippen molar-refractivity contribution < 1.29 is 9.53 Å². The number of carbonyl (C=O) groups excluding carboxylic acids is 1. The third-order valence-corrected chi connectivity index (χ3v) is 3.59. The van der Waals surface area contributed by atoms with Crippen molar-refractivity contribution in [3.05, 3.63) is 51.8 Å². The first-order chi connectivity index (χ1) is 11.0. The van der Waals surface area contributed by atoms with Crippen molar-refractivity contribution in [1.29, 1.82) is 0 Å². The summed E-state index contributed by atoms with van der Waals surface area (Å²) in [5.41, 5.74) is 1.20. The minimum absolute atomic E-state index is 0.0290. The summed E-state index contributed by atoms with van der Waals surface area (Å²) in [6.45, 7) is 5.81. The first kappa shape index (κ1) is 16.7. The molecule has 1 atom stereocenters. The molecule has 0 saturated carbocycles. The Bertz CT molecular complexity index is 751. The summed E-state index contributed by atoms with van der Waals surface area (Å²) in [6.07, 6.45) is 0.772. The van der Waals surface area contributed by atoms with Crippen molar-refractivity contribution in [2.75, 3.05) is 7.11 Å². The number of ether oxygens (including phenoxy) is 1. The smallest absolute Gasteiger partial charge is 0.276 e. The molecule has 1 aromatic carbocycles. The zero-order chi connectivity index (χ0) is 17.0. The van der Waals surface area contributed by atoms with Crippen LogP contribution in [0.25, 0.3) is 5.69 Å². The predicted octanol–water partition coefficient (Wildman–Crippen LogP) is 2.08. The molecule has 0 bridgehead atoms. The van der Waals surface area contributed by atoms with Crippen molar-refractivity contribution >= 4 is 5.91 Å². The summed E-state index contributed by atoms with van der Waals surface area (Å²) < 4.78 is 6.67. The molecule has 0 unspecified atom stereocenters. The van der Waals surface area contributed by atoms with Crippen LogP contribution < -0.4 is 15.5 Å². The van der Waals surface area contributed by atoms with Crippen LogP contribution in [0.2, 0.25) is 0 Å². The molecule has 1 N–H and O–H groups in total. The third-order valence-electron chi connectivity index (χ3n) is 3.59. The summed E-state index contributed by atoms with van der Waals surface area (Å²) in [5.74, 6) is -0.202. The number of nitrogens with one attached hydrogen (secondary N) is 1. The van der Waals surface area contributed by atoms with E-state index >= 15 is 0 Å². The van der Waals surface area contributed by atoms with Crippen LogP contribution in [0, 0.1) is 6.92 Å². The molecule has 1 amide bonds. The van der Waals surface area contributed by atoms with Crippen molar-refractivity contribution in [3.63, 3.8) is 0 Å². The molecule has 0 aliphatic heterocycles. The van der Waals surface area contributed by atoms with Crippen LogP contribution in [0.5, 0.6) is 5.88 Å². The first-order valence-corrected chi connectivity index (χ1v) is 7.52. The average molecular weight is 315 g/mol. The number of amides is 1. The Balaban J connectivity index is 2.50. The molecule has 6 nitrogen and oxygen atoms in total. The van der Waals surface area contributed by atoms with Gasteiger partial charge in [-0.05, 0) is 32.4 Å². The second kappa shape index (κ2) is 7.09. The number of methoxy groups -OCH3 is 1. The number of hydrogen-bond donors (Lipinski definition) is 1. The molecular weight excluding hydrogens is 294 g/mol. The van der Waals surface area contributed by atoms with Crippen molar-refractivity contribution in [3.8, 4) is 11.6 Å². The first-order valence-electron chi connectivity index (χ1n) is 7.52. The number of aromatic nitrogens is 2. The van der Waals surface area contributed by atoms with Crippen LogP contribution in [0.1, 0.15) is 36.3 Å². The molecule has 0 spiro atoms. The van der Waals surface area contributed by atoms with Gasteiger partial charge in [0.1, 0.15) is 0 Å². The van der Waals surface area contributed by atoms with Gasteiger partial charge >= 0.3 is 0 Å². The molecule has 1 aromatic heterocycles. The zero-order valence-electron chi connectivity index (χ0n) is 13.8. The highest BCUT2D eigenvalue weighted by molar-refractivity contribution is 5.92. The van der Waals surface area contributed by atoms with Gasteiger partial charge in [-0.15, -0.1) is 0 Å². The van der Waals surface area contributed by atoms with E-state index in [1.54, 1.807) is 0 Å². The van der Waals surface area contributed by atoms with Gasteiger partial charge in [-0.3, -0.25) is 9.59 Å². The molecular formula is C17H21N3O3. The molecule has 2 aromatic rings. The maximum atomic E-state index is 12.2. The van der Waals surface area contributed by atoms with Gasteiger partial charge in [-0.25, -0.2) is 4.68 Å². The lowest BCUT2D eigenvalue weighted by Gasteiger charge is -2.14. The summed E-state index contributed by atoms with van der Waals surface area (Å²) in [4.78, 5) is 24.4. The fourth-order valence-electron chi connectivity index (χ4n) is 2.01. The number of rotatable bonds is 5. The minimum Gasteiger partial charge on any atom is -0.481 e. The Morgan fingerprint density at radius 2 is 2.00 bits per heavy atom. The Kier molecular flexibility index (Phi) is 5.16. The second-order valence-electron chi connectivity index (χ2n) is 5.43. The monoisotopic (exact) mass is 315 g/mol. The van der Waals surface area contributed by atoms with Crippen molar-refractivity contribution in [2.45, 2.75) is 33.2 Å². The number of carbonyl (C=O) groups is 1. The molecule has 122 valence electrons. The standard InChI is InChI=1S/C17H21N3O3/c1-5-12(3)18-17(22)16-14(21)10-15(23-4)20(19-16)13-8-6-11(2)7-9-13/h6-10,12H,5H2,1-4H3,(H,18,22)/t12-/m1/s1. The van der Waals surface area contributed by atoms with Gasteiger partial charge in [0.2, 0.25) is 11.3 Å². The van der Waals surface area contributed by atoms with Gasteiger partial charge in [-0.1, -0.05) is 24.6 Å². The van der Waals surface area contributed by atoms with Crippen LogP contribution in [0.4, 0.5) is 0 Å². The maximum absolute atomic E-state index is 12.2. The zero-order valence-corrected chi connectivity index (χ0v) is 13.8. The molecule has 1 heterocycles. The van der Waals surface area contributed by atoms with Crippen LogP contribution in [0.3, 0.4) is 0 Å². The van der Waals surface area contributed by atoms with Crippen LogP contribution >= 0.6 is 0 Å². The lowest BCUT2D eigenvalue weighted by Crippen LogP contribution is -2.36. The van der Waals surface area contributed by atoms with Gasteiger partial charge in [0.05, 0.1) is 18.9 Å². The maximum Gasteiger partial charge on any atom is 0.276 e. The number of aryl methyl sites for hydroxylation is 1. The van der Waals surface area contributed by atoms with E-state index in [-0.39, 0.29) is 17.6 Å². The van der Waals surface area contributed by atoms with Gasteiger partial charge in [-0.2, -0.15) is 5.10 Å². The molecule has 0 saturated heterocycles. The van der Waals surface area contributed by atoms with E-state index in [0.717, 1.165) is 12.0 Å². The van der Waals surface area contributed by atoms with Crippen LogP contribution in [-0.4, -0.2) is 28.8 Å². The Morgan fingerprint density at radius 3 is 2.57 bits per heavy atom. The van der Waals surface area contributed by atoms with Gasteiger partial charge < -0.3 is 10.1 Å². The Morgan fingerprint density at radius 1 is 1.35 bits per heavy atom. The lowest BCUT2D eigenvalue weighted by molar-refractivity contribution is 0.0931. The summed E-state index contributed by atoms with van der Waals surface area (Å²) in [5, 5.41) is 6.95. The van der Waals surface area contributed by atoms with E-state index < -0.39 is 11.3 Å². The summed E-state index contributed by atoms with van der Waals surface area (Å²) in [7, 11) is 1.46. The SMILES string of the molecule is CC[C@@H](C)NC(=O)c1nn(-c2ccc(C)cc2)c(OC)cc1=O. The van der Waals surface area contributed by atoms with Crippen LogP contribution in [-0.2, 0) is 0 Å². The molecule has 23 heavy (non-hydrogen) atoms. The number of hydrogen-bond acceptors (Lipinski definition) is 4. The predicted molar refractivity (Wildman–Crippen MR) is 88.3 cm³/mol. The highest BCUT2D eigenvalue weighted by Gasteiger charge is 2.18. The average Bonchev–Trinajstić information content (AvgIpc) is 2.55. The normalized spacial score (nSPS) is 11.8. The fraction of sp³-hybridized carbons (Fsp3) is 0.353. The molecule has 0 aliphatic carbocycles. The van der Waals surface area contributed by atoms with E-state index in [9.17, 15) is 9.59 Å². The number of benzene rings is 1. The highest BCUT2D eigenvalue weighted by atomic mass is 16.5. The van der Waals surface area contributed by atoms with E-state index in [1.165, 1.54) is 17.9 Å². The third kappa shape index (κ3) is 3.77. The van der Waals surface area contributed by atoms with Crippen molar-refractivity contribution in [2.24, 2.45) is 0 Å². The minimum atomic E-state index is -0.479. The van der Waals surface area contributed by atoms with Gasteiger partial charge in [0.25, 0.3) is 5.91 Å². The fourth-order valence-corrected chi connectivity index (χ4v) is 2.01. The van der Waals surface area contributed by atoms with Gasteiger partial charge in [0, 0.05) is 6.04 Å². The Hall–Kier alpha value is -2.63. The van der Waals surface area contributed by atoms with Crippen molar-refractivity contribution in [1.82, 2.24) is 15.1 Å². The summed E-state index contributed by atoms with van der Waals surface area (Å²) >= 11 is 0. The summed E-state index contributed by atoms with van der Waals surface area (Å²) in [6, 6.07) is 8.80. The lowest BCUT2D eigenvalue weighted by atomic mass is 10.2. The quantitative estimate of drug-likeness (QED) is 0.917. The second-order valence-corrected chi connectivity index (χ2v) is 5.43.